The van der Waals surface area contributed by atoms with Crippen molar-refractivity contribution < 1.29 is 4.79 Å². The molecule has 0 saturated carbocycles. The third-order valence-corrected chi connectivity index (χ3v) is 6.53. The summed E-state index contributed by atoms with van der Waals surface area (Å²) in [4.78, 5) is 46.2. The van der Waals surface area contributed by atoms with Gasteiger partial charge in [-0.05, 0) is 31.9 Å². The van der Waals surface area contributed by atoms with Crippen LogP contribution in [0.5, 0.6) is 0 Å². The van der Waals surface area contributed by atoms with Crippen molar-refractivity contribution in [2.24, 2.45) is 0 Å². The number of rotatable bonds is 8. The van der Waals surface area contributed by atoms with Crippen LogP contribution in [0.25, 0.3) is 11.2 Å². The zero-order valence-electron chi connectivity index (χ0n) is 18.5. The lowest BCUT2D eigenvalue weighted by atomic mass is 10.1. The van der Waals surface area contributed by atoms with E-state index in [-0.39, 0.29) is 18.9 Å². The van der Waals surface area contributed by atoms with Gasteiger partial charge in [0.2, 0.25) is 0 Å². The molecule has 0 radical (unpaired) electrons. The Kier molecular flexibility index (Phi) is 6.23. The zero-order chi connectivity index (χ0) is 22.8. The maximum Gasteiger partial charge on any atom is 0.333 e. The van der Waals surface area contributed by atoms with Gasteiger partial charge in [0.05, 0.1) is 19.4 Å². The summed E-state index contributed by atoms with van der Waals surface area (Å²) in [5, 5.41) is 0. The van der Waals surface area contributed by atoms with Gasteiger partial charge in [0, 0.05) is 21.9 Å². The van der Waals surface area contributed by atoms with E-state index in [1.54, 1.807) is 10.9 Å². The maximum absolute atomic E-state index is 13.4. The first-order valence-electron chi connectivity index (χ1n) is 10.7. The zero-order valence-corrected chi connectivity index (χ0v) is 19.3. The molecule has 8 heteroatoms. The van der Waals surface area contributed by atoms with Crippen LogP contribution in [-0.4, -0.2) is 24.5 Å². The molecule has 3 aromatic heterocycles. The fourth-order valence-electron chi connectivity index (χ4n) is 3.92. The number of unbranched alkanes of at least 4 members (excludes halogenated alkanes) is 1. The van der Waals surface area contributed by atoms with Crippen LogP contribution in [0, 0.1) is 13.8 Å². The molecule has 0 bridgehead atoms. The number of carbonyl (C=O) groups is 1. The van der Waals surface area contributed by atoms with Gasteiger partial charge in [-0.2, -0.15) is 0 Å². The van der Waals surface area contributed by atoms with Gasteiger partial charge in [-0.25, -0.2) is 9.78 Å². The van der Waals surface area contributed by atoms with Gasteiger partial charge in [0.1, 0.15) is 0 Å². The second kappa shape index (κ2) is 9.08. The van der Waals surface area contributed by atoms with Crippen molar-refractivity contribution in [2.75, 3.05) is 0 Å². The van der Waals surface area contributed by atoms with Crippen LogP contribution in [0.1, 0.15) is 45.4 Å². The molecule has 0 spiro atoms. The van der Waals surface area contributed by atoms with Crippen LogP contribution < -0.4 is 11.2 Å². The summed E-state index contributed by atoms with van der Waals surface area (Å²) in [5.41, 5.74) is 1.20. The van der Waals surface area contributed by atoms with Crippen molar-refractivity contribution >= 4 is 28.3 Å². The van der Waals surface area contributed by atoms with Crippen LogP contribution in [0.15, 0.2) is 52.3 Å². The lowest BCUT2D eigenvalue weighted by Crippen LogP contribution is -2.42. The van der Waals surface area contributed by atoms with E-state index in [0.717, 1.165) is 32.7 Å². The Morgan fingerprint density at radius 2 is 1.84 bits per heavy atom. The second-order valence-electron chi connectivity index (χ2n) is 7.96. The summed E-state index contributed by atoms with van der Waals surface area (Å²) in [5.74, 6) is -0.240. The molecule has 3 heterocycles. The first-order valence-corrected chi connectivity index (χ1v) is 11.5. The van der Waals surface area contributed by atoms with Gasteiger partial charge in [0.15, 0.2) is 16.9 Å². The predicted octanol–water partition coefficient (Wildman–Crippen LogP) is 3.77. The summed E-state index contributed by atoms with van der Waals surface area (Å²) in [6, 6.07) is 11.4. The Hall–Kier alpha value is -3.26. The van der Waals surface area contributed by atoms with Gasteiger partial charge in [-0.1, -0.05) is 43.7 Å². The highest BCUT2D eigenvalue weighted by atomic mass is 32.1. The summed E-state index contributed by atoms with van der Waals surface area (Å²) in [7, 11) is 0. The standard InChI is InChI=1S/C24H26N4O3S/c1-4-5-11-26-15-25-22-21(26)23(30)28(14-20(29)19-12-16(2)32-17(19)3)24(31)27(22)13-18-9-7-6-8-10-18/h6-10,12,15H,4-5,11,13-14H2,1-3H3. The Labute approximate surface area is 189 Å². The third-order valence-electron chi connectivity index (χ3n) is 5.56. The Morgan fingerprint density at radius 3 is 2.50 bits per heavy atom. The van der Waals surface area contributed by atoms with Gasteiger partial charge in [-0.15, -0.1) is 11.3 Å². The average Bonchev–Trinajstić information content (AvgIpc) is 3.35. The summed E-state index contributed by atoms with van der Waals surface area (Å²) in [6.45, 7) is 6.50. The molecule has 4 aromatic rings. The van der Waals surface area contributed by atoms with Crippen molar-refractivity contribution in [3.63, 3.8) is 0 Å². The summed E-state index contributed by atoms with van der Waals surface area (Å²) < 4.78 is 4.35. The Morgan fingerprint density at radius 1 is 1.09 bits per heavy atom. The van der Waals surface area contributed by atoms with Crippen LogP contribution >= 0.6 is 11.3 Å². The molecule has 0 aliphatic rings. The van der Waals surface area contributed by atoms with Crippen molar-refractivity contribution in [1.29, 1.82) is 0 Å². The molecule has 0 unspecified atom stereocenters. The molecule has 1 aromatic carbocycles. The number of Topliss-reactive ketones (excluding diaryl/α,β-unsaturated/α-hetero) is 1. The molecular weight excluding hydrogens is 424 g/mol. The molecule has 0 amide bonds. The SMILES string of the molecule is CCCCn1cnc2c1c(=O)n(CC(=O)c1cc(C)sc1C)c(=O)n2Cc1ccccc1. The molecule has 0 N–H and O–H groups in total. The van der Waals surface area contributed by atoms with Crippen LogP contribution in [0.3, 0.4) is 0 Å². The van der Waals surface area contributed by atoms with Gasteiger partial charge in [0.25, 0.3) is 5.56 Å². The largest absolute Gasteiger partial charge is 0.333 e. The summed E-state index contributed by atoms with van der Waals surface area (Å²) >= 11 is 1.53. The number of aryl methyl sites for hydroxylation is 3. The van der Waals surface area contributed by atoms with Crippen molar-refractivity contribution in [1.82, 2.24) is 18.7 Å². The highest BCUT2D eigenvalue weighted by Crippen LogP contribution is 2.21. The molecule has 32 heavy (non-hydrogen) atoms. The summed E-state index contributed by atoms with van der Waals surface area (Å²) in [6.07, 6.45) is 3.46. The number of imidazole rings is 1. The molecule has 0 aliphatic carbocycles. The van der Waals surface area contributed by atoms with Crippen molar-refractivity contribution in [3.05, 3.63) is 84.4 Å². The number of fused-ring (bicyclic) bond motifs is 1. The maximum atomic E-state index is 13.4. The number of thiophene rings is 1. The average molecular weight is 451 g/mol. The fourth-order valence-corrected chi connectivity index (χ4v) is 4.86. The lowest BCUT2D eigenvalue weighted by molar-refractivity contribution is 0.0968. The van der Waals surface area contributed by atoms with E-state index < -0.39 is 11.2 Å². The first-order chi connectivity index (χ1) is 15.4. The van der Waals surface area contributed by atoms with Crippen molar-refractivity contribution in [3.8, 4) is 0 Å². The number of aromatic nitrogens is 4. The van der Waals surface area contributed by atoms with Crippen LogP contribution in [-0.2, 0) is 19.6 Å². The normalized spacial score (nSPS) is 11.3. The minimum atomic E-state index is -0.523. The smallest absolute Gasteiger partial charge is 0.325 e. The highest BCUT2D eigenvalue weighted by molar-refractivity contribution is 7.12. The third kappa shape index (κ3) is 4.10. The minimum absolute atomic E-state index is 0.240. The van der Waals surface area contributed by atoms with E-state index in [9.17, 15) is 14.4 Å². The van der Waals surface area contributed by atoms with Gasteiger partial charge < -0.3 is 4.57 Å². The Bertz CT molecular complexity index is 1390. The molecule has 0 aliphatic heterocycles. The topological polar surface area (TPSA) is 78.9 Å². The number of nitrogens with zero attached hydrogens (tertiary/aromatic N) is 4. The molecule has 0 saturated heterocycles. The quantitative estimate of drug-likeness (QED) is 0.383. The fraction of sp³-hybridized carbons (Fsp3) is 0.333. The molecule has 0 fully saturated rings. The number of carbonyl (C=O) groups excluding carboxylic acids is 1. The molecule has 7 nitrogen and oxygen atoms in total. The number of hydrogen-bond donors (Lipinski definition) is 0. The predicted molar refractivity (Wildman–Crippen MR) is 127 cm³/mol. The van der Waals surface area contributed by atoms with E-state index >= 15 is 0 Å². The number of hydrogen-bond acceptors (Lipinski definition) is 5. The number of ketones is 1. The van der Waals surface area contributed by atoms with Crippen molar-refractivity contribution in [2.45, 2.75) is 53.2 Å². The Balaban J connectivity index is 1.87. The number of benzene rings is 1. The molecule has 166 valence electrons. The van der Waals surface area contributed by atoms with E-state index in [1.807, 2.05) is 50.2 Å². The van der Waals surface area contributed by atoms with E-state index in [1.165, 1.54) is 15.9 Å². The molecular formula is C24H26N4O3S. The second-order valence-corrected chi connectivity index (χ2v) is 9.42. The van der Waals surface area contributed by atoms with Crippen LogP contribution in [0.2, 0.25) is 0 Å². The van der Waals surface area contributed by atoms with E-state index in [2.05, 4.69) is 11.9 Å². The first kappa shape index (κ1) is 22.0. The highest BCUT2D eigenvalue weighted by Gasteiger charge is 2.21. The molecule has 4 rings (SSSR count). The lowest BCUT2D eigenvalue weighted by Gasteiger charge is -2.12. The minimum Gasteiger partial charge on any atom is -0.325 e. The van der Waals surface area contributed by atoms with E-state index in [0.29, 0.717) is 23.3 Å². The van der Waals surface area contributed by atoms with E-state index in [4.69, 9.17) is 0 Å². The monoisotopic (exact) mass is 450 g/mol. The van der Waals surface area contributed by atoms with Crippen LogP contribution in [0.4, 0.5) is 0 Å². The molecule has 0 atom stereocenters. The van der Waals surface area contributed by atoms with Gasteiger partial charge in [-0.3, -0.25) is 18.7 Å². The van der Waals surface area contributed by atoms with Gasteiger partial charge >= 0.3 is 5.69 Å².